The second kappa shape index (κ2) is 8.64. The standard InChI is InChI=1S/C20H29N3O3/c24-15-5-14-23-18(25)20(22-19(23)26,17-9-12-21-13-10-17)11-4-8-16-6-2-1-3-7-16/h1-3,6-7,17,21,24H,4-5,8-15H2,(H,22,26). The molecule has 26 heavy (non-hydrogen) atoms. The molecule has 2 saturated heterocycles. The number of nitrogens with one attached hydrogen (secondary N) is 2. The van der Waals surface area contributed by atoms with E-state index in [0.29, 0.717) is 12.8 Å². The summed E-state index contributed by atoms with van der Waals surface area (Å²) in [5, 5.41) is 15.5. The molecule has 2 aliphatic rings. The molecule has 0 spiro atoms. The van der Waals surface area contributed by atoms with E-state index >= 15 is 0 Å². The molecule has 1 atom stereocenters. The van der Waals surface area contributed by atoms with Gasteiger partial charge in [0.25, 0.3) is 5.91 Å². The van der Waals surface area contributed by atoms with E-state index in [4.69, 9.17) is 5.11 Å². The number of rotatable bonds is 8. The number of urea groups is 1. The Morgan fingerprint density at radius 2 is 1.85 bits per heavy atom. The third-order valence-corrected chi connectivity index (χ3v) is 5.66. The summed E-state index contributed by atoms with van der Waals surface area (Å²) in [6.07, 6.45) is 4.62. The maximum Gasteiger partial charge on any atom is 0.325 e. The van der Waals surface area contributed by atoms with Crippen molar-refractivity contribution < 1.29 is 14.7 Å². The summed E-state index contributed by atoms with van der Waals surface area (Å²) in [5.41, 5.74) is 0.463. The monoisotopic (exact) mass is 359 g/mol. The average Bonchev–Trinajstić information content (AvgIpc) is 2.92. The van der Waals surface area contributed by atoms with Crippen molar-refractivity contribution in [2.75, 3.05) is 26.2 Å². The Bertz CT molecular complexity index is 616. The molecule has 1 aromatic rings. The third-order valence-electron chi connectivity index (χ3n) is 5.66. The topological polar surface area (TPSA) is 81.7 Å². The molecular formula is C20H29N3O3. The van der Waals surface area contributed by atoms with E-state index in [0.717, 1.165) is 38.8 Å². The lowest BCUT2D eigenvalue weighted by Crippen LogP contribution is -2.55. The van der Waals surface area contributed by atoms with Gasteiger partial charge in [-0.05, 0) is 63.1 Å². The van der Waals surface area contributed by atoms with Gasteiger partial charge in [0.1, 0.15) is 5.54 Å². The first-order valence-corrected chi connectivity index (χ1v) is 9.67. The molecule has 0 radical (unpaired) electrons. The lowest BCUT2D eigenvalue weighted by molar-refractivity contribution is -0.134. The van der Waals surface area contributed by atoms with E-state index in [1.165, 1.54) is 10.5 Å². The zero-order valence-corrected chi connectivity index (χ0v) is 15.2. The third kappa shape index (κ3) is 3.91. The van der Waals surface area contributed by atoms with Gasteiger partial charge in [0, 0.05) is 13.2 Å². The van der Waals surface area contributed by atoms with Crippen LogP contribution in [0.5, 0.6) is 0 Å². The zero-order chi connectivity index (χ0) is 18.4. The number of carbonyl (C=O) groups excluding carboxylic acids is 2. The van der Waals surface area contributed by atoms with Crippen LogP contribution < -0.4 is 10.6 Å². The van der Waals surface area contributed by atoms with Crippen LogP contribution >= 0.6 is 0 Å². The highest BCUT2D eigenvalue weighted by atomic mass is 16.3. The van der Waals surface area contributed by atoms with E-state index in [1.54, 1.807) is 0 Å². The first-order valence-electron chi connectivity index (χ1n) is 9.67. The molecular weight excluding hydrogens is 330 g/mol. The molecule has 1 unspecified atom stereocenters. The molecule has 0 saturated carbocycles. The van der Waals surface area contributed by atoms with Crippen molar-refractivity contribution in [3.63, 3.8) is 0 Å². The number of aliphatic hydroxyl groups is 1. The van der Waals surface area contributed by atoms with Crippen LogP contribution in [-0.4, -0.2) is 53.7 Å². The molecule has 2 heterocycles. The van der Waals surface area contributed by atoms with Crippen LogP contribution in [0.25, 0.3) is 0 Å². The smallest absolute Gasteiger partial charge is 0.325 e. The second-order valence-electron chi connectivity index (χ2n) is 7.30. The Labute approximate surface area is 155 Å². The van der Waals surface area contributed by atoms with Crippen molar-refractivity contribution in [2.45, 2.75) is 44.1 Å². The number of carbonyl (C=O) groups is 2. The average molecular weight is 359 g/mol. The molecule has 2 fully saturated rings. The molecule has 0 aliphatic carbocycles. The van der Waals surface area contributed by atoms with Crippen LogP contribution in [0.3, 0.4) is 0 Å². The summed E-state index contributed by atoms with van der Waals surface area (Å²) in [4.78, 5) is 27.0. The Balaban J connectivity index is 1.74. The van der Waals surface area contributed by atoms with Crippen molar-refractivity contribution in [3.8, 4) is 0 Å². The second-order valence-corrected chi connectivity index (χ2v) is 7.30. The number of hydrogen-bond acceptors (Lipinski definition) is 4. The van der Waals surface area contributed by atoms with Crippen LogP contribution in [0.15, 0.2) is 30.3 Å². The van der Waals surface area contributed by atoms with E-state index in [9.17, 15) is 9.59 Å². The van der Waals surface area contributed by atoms with Crippen molar-refractivity contribution in [2.24, 2.45) is 5.92 Å². The number of imide groups is 1. The molecule has 0 bridgehead atoms. The van der Waals surface area contributed by atoms with Gasteiger partial charge >= 0.3 is 6.03 Å². The Hall–Kier alpha value is -1.92. The van der Waals surface area contributed by atoms with Crippen molar-refractivity contribution in [1.29, 1.82) is 0 Å². The Kier molecular flexibility index (Phi) is 6.27. The van der Waals surface area contributed by atoms with Crippen molar-refractivity contribution in [3.05, 3.63) is 35.9 Å². The number of aliphatic hydroxyl groups excluding tert-OH is 1. The van der Waals surface area contributed by atoms with Crippen LogP contribution in [0.4, 0.5) is 4.79 Å². The molecule has 1 aromatic carbocycles. The summed E-state index contributed by atoms with van der Waals surface area (Å²) in [5.74, 6) is 0.0611. The first-order chi connectivity index (χ1) is 12.7. The maximum atomic E-state index is 13.2. The van der Waals surface area contributed by atoms with Crippen LogP contribution in [0.2, 0.25) is 0 Å². The summed E-state index contributed by atoms with van der Waals surface area (Å²) in [6, 6.07) is 9.94. The van der Waals surface area contributed by atoms with E-state index in [2.05, 4.69) is 22.8 Å². The molecule has 3 N–H and O–H groups in total. The van der Waals surface area contributed by atoms with E-state index in [1.807, 2.05) is 18.2 Å². The molecule has 142 valence electrons. The van der Waals surface area contributed by atoms with Gasteiger partial charge in [-0.25, -0.2) is 4.79 Å². The number of nitrogens with zero attached hydrogens (tertiary/aromatic N) is 1. The van der Waals surface area contributed by atoms with Crippen LogP contribution in [0.1, 0.15) is 37.7 Å². The van der Waals surface area contributed by atoms with Crippen molar-refractivity contribution >= 4 is 11.9 Å². The van der Waals surface area contributed by atoms with Crippen LogP contribution in [-0.2, 0) is 11.2 Å². The lowest BCUT2D eigenvalue weighted by Gasteiger charge is -2.38. The number of amides is 3. The minimum Gasteiger partial charge on any atom is -0.396 e. The molecule has 6 nitrogen and oxygen atoms in total. The molecule has 6 heteroatoms. The molecule has 3 rings (SSSR count). The predicted molar refractivity (Wildman–Crippen MR) is 99.7 cm³/mol. The van der Waals surface area contributed by atoms with Gasteiger partial charge in [0.15, 0.2) is 0 Å². The fraction of sp³-hybridized carbons (Fsp3) is 0.600. The highest BCUT2D eigenvalue weighted by Gasteiger charge is 2.54. The predicted octanol–water partition coefficient (Wildman–Crippen LogP) is 1.68. The molecule has 2 aliphatic heterocycles. The van der Waals surface area contributed by atoms with Gasteiger partial charge in [-0.3, -0.25) is 9.69 Å². The van der Waals surface area contributed by atoms with Gasteiger partial charge in [0.05, 0.1) is 0 Å². The van der Waals surface area contributed by atoms with Crippen molar-refractivity contribution in [1.82, 2.24) is 15.5 Å². The zero-order valence-electron chi connectivity index (χ0n) is 15.2. The van der Waals surface area contributed by atoms with E-state index < -0.39 is 5.54 Å². The highest BCUT2D eigenvalue weighted by molar-refractivity contribution is 6.07. The van der Waals surface area contributed by atoms with Gasteiger partial charge in [-0.15, -0.1) is 0 Å². The van der Waals surface area contributed by atoms with Gasteiger partial charge < -0.3 is 15.7 Å². The molecule has 0 aromatic heterocycles. The lowest BCUT2D eigenvalue weighted by atomic mass is 9.74. The fourth-order valence-electron chi connectivity index (χ4n) is 4.26. The summed E-state index contributed by atoms with van der Waals surface area (Å²) >= 11 is 0. The number of hydrogen-bond donors (Lipinski definition) is 3. The van der Waals surface area contributed by atoms with E-state index in [-0.39, 0.29) is 31.0 Å². The first kappa shape index (κ1) is 18.9. The maximum absolute atomic E-state index is 13.2. The summed E-state index contributed by atoms with van der Waals surface area (Å²) < 4.78 is 0. The van der Waals surface area contributed by atoms with Gasteiger partial charge in [-0.1, -0.05) is 30.3 Å². The Morgan fingerprint density at radius 3 is 2.54 bits per heavy atom. The Morgan fingerprint density at radius 1 is 1.12 bits per heavy atom. The number of aryl methyl sites for hydroxylation is 1. The van der Waals surface area contributed by atoms with Gasteiger partial charge in [-0.2, -0.15) is 0 Å². The quantitative estimate of drug-likeness (QED) is 0.617. The number of piperidine rings is 1. The van der Waals surface area contributed by atoms with Crippen LogP contribution in [0, 0.1) is 5.92 Å². The number of benzene rings is 1. The van der Waals surface area contributed by atoms with Gasteiger partial charge in [0.2, 0.25) is 0 Å². The fourth-order valence-corrected chi connectivity index (χ4v) is 4.26. The minimum atomic E-state index is -0.788. The summed E-state index contributed by atoms with van der Waals surface area (Å²) in [6.45, 7) is 2.02. The summed E-state index contributed by atoms with van der Waals surface area (Å²) in [7, 11) is 0. The molecule has 3 amide bonds. The normalized spacial score (nSPS) is 24.1. The highest BCUT2D eigenvalue weighted by Crippen LogP contribution is 2.36. The minimum absolute atomic E-state index is 0.0224. The SMILES string of the molecule is O=C1NC(CCCc2ccccc2)(C2CCNCC2)C(=O)N1CCCO. The largest absolute Gasteiger partial charge is 0.396 e.